The van der Waals surface area contributed by atoms with Gasteiger partial charge in [0.15, 0.2) is 0 Å². The van der Waals surface area contributed by atoms with Gasteiger partial charge in [-0.25, -0.2) is 0 Å². The molecule has 0 aliphatic heterocycles. The van der Waals surface area contributed by atoms with Gasteiger partial charge >= 0.3 is 0 Å². The predicted octanol–water partition coefficient (Wildman–Crippen LogP) is 4.07. The van der Waals surface area contributed by atoms with Crippen molar-refractivity contribution >= 4 is 0 Å². The second-order valence-corrected chi connectivity index (χ2v) is 4.42. The number of hydrogen-bond acceptors (Lipinski definition) is 0. The van der Waals surface area contributed by atoms with Crippen molar-refractivity contribution in [3.05, 3.63) is 77.7 Å². The summed E-state index contributed by atoms with van der Waals surface area (Å²) in [5, 5.41) is 0. The van der Waals surface area contributed by atoms with Gasteiger partial charge in [0.05, 0.1) is 11.1 Å². The molecule has 1 aliphatic rings. The Labute approximate surface area is 96.9 Å². The standard InChI is InChI=1S/C16H15/c1-3-7-13(8-4-1)16(15-11-12-15)14-9-5-2-6-10-14/h1-10,15H,11-12H2/q+1. The maximum Gasteiger partial charge on any atom is 0.0759 e. The molecule has 0 amide bonds. The maximum atomic E-state index is 2.22. The van der Waals surface area contributed by atoms with Gasteiger partial charge in [0, 0.05) is 36.1 Å². The van der Waals surface area contributed by atoms with Crippen molar-refractivity contribution in [3.8, 4) is 0 Å². The average molecular weight is 207 g/mol. The first-order valence-corrected chi connectivity index (χ1v) is 5.93. The molecular formula is C16H15+. The third-order valence-corrected chi connectivity index (χ3v) is 3.16. The predicted molar refractivity (Wildman–Crippen MR) is 67.1 cm³/mol. The van der Waals surface area contributed by atoms with Gasteiger partial charge in [-0.15, -0.1) is 0 Å². The minimum atomic E-state index is 0.782. The lowest BCUT2D eigenvalue weighted by Gasteiger charge is -2.10. The molecular weight excluding hydrogens is 192 g/mol. The van der Waals surface area contributed by atoms with Crippen molar-refractivity contribution in [1.82, 2.24) is 0 Å². The lowest BCUT2D eigenvalue weighted by molar-refractivity contribution is 0.907. The second-order valence-electron chi connectivity index (χ2n) is 4.42. The van der Waals surface area contributed by atoms with E-state index in [9.17, 15) is 0 Å². The van der Waals surface area contributed by atoms with E-state index in [0.29, 0.717) is 0 Å². The minimum Gasteiger partial charge on any atom is -0.0465 e. The molecule has 1 aliphatic carbocycles. The zero-order valence-electron chi connectivity index (χ0n) is 9.27. The normalized spacial score (nSPS) is 14.8. The van der Waals surface area contributed by atoms with Crippen LogP contribution in [0, 0.1) is 11.8 Å². The van der Waals surface area contributed by atoms with Gasteiger partial charge in [-0.1, -0.05) is 0 Å². The van der Waals surface area contributed by atoms with E-state index < -0.39 is 0 Å². The molecule has 0 radical (unpaired) electrons. The Hall–Kier alpha value is -1.69. The van der Waals surface area contributed by atoms with E-state index in [4.69, 9.17) is 0 Å². The molecule has 16 heavy (non-hydrogen) atoms. The lowest BCUT2D eigenvalue weighted by atomic mass is 9.87. The molecule has 0 unspecified atom stereocenters. The summed E-state index contributed by atoms with van der Waals surface area (Å²) in [6.45, 7) is 0. The van der Waals surface area contributed by atoms with E-state index in [-0.39, 0.29) is 0 Å². The van der Waals surface area contributed by atoms with Crippen molar-refractivity contribution in [2.45, 2.75) is 12.8 Å². The van der Waals surface area contributed by atoms with Crippen LogP contribution in [0.1, 0.15) is 24.0 Å². The van der Waals surface area contributed by atoms with Crippen molar-refractivity contribution < 1.29 is 0 Å². The second kappa shape index (κ2) is 4.05. The first-order chi connectivity index (χ1) is 7.95. The van der Waals surface area contributed by atoms with Crippen molar-refractivity contribution in [1.29, 1.82) is 0 Å². The molecule has 0 heteroatoms. The molecule has 0 spiro atoms. The Morgan fingerprint density at radius 3 is 1.50 bits per heavy atom. The average Bonchev–Trinajstić information content (AvgIpc) is 3.17. The monoisotopic (exact) mass is 207 g/mol. The van der Waals surface area contributed by atoms with E-state index in [1.165, 1.54) is 29.9 Å². The van der Waals surface area contributed by atoms with Gasteiger partial charge in [0.1, 0.15) is 0 Å². The highest BCUT2D eigenvalue weighted by Gasteiger charge is 2.37. The van der Waals surface area contributed by atoms with Crippen LogP contribution in [0.2, 0.25) is 0 Å². The van der Waals surface area contributed by atoms with Gasteiger partial charge in [-0.2, -0.15) is 0 Å². The fraction of sp³-hybridized carbons (Fsp3) is 0.188. The Bertz CT molecular complexity index is 400. The third-order valence-electron chi connectivity index (χ3n) is 3.16. The summed E-state index contributed by atoms with van der Waals surface area (Å²) in [6, 6.07) is 21.6. The van der Waals surface area contributed by atoms with Gasteiger partial charge in [-0.3, -0.25) is 0 Å². The molecule has 0 nitrogen and oxygen atoms in total. The highest BCUT2D eigenvalue weighted by atomic mass is 14.4. The van der Waals surface area contributed by atoms with Crippen molar-refractivity contribution in [3.63, 3.8) is 0 Å². The highest BCUT2D eigenvalue weighted by molar-refractivity contribution is 5.47. The Morgan fingerprint density at radius 1 is 0.688 bits per heavy atom. The quantitative estimate of drug-likeness (QED) is 0.666. The topological polar surface area (TPSA) is 0 Å². The summed E-state index contributed by atoms with van der Waals surface area (Å²) in [6.07, 6.45) is 2.69. The molecule has 0 aromatic heterocycles. The van der Waals surface area contributed by atoms with Crippen molar-refractivity contribution in [2.75, 3.05) is 0 Å². The summed E-state index contributed by atoms with van der Waals surface area (Å²) in [7, 11) is 0. The van der Waals surface area contributed by atoms with Crippen LogP contribution in [0.5, 0.6) is 0 Å². The Morgan fingerprint density at radius 2 is 1.12 bits per heavy atom. The van der Waals surface area contributed by atoms with Crippen LogP contribution in [-0.2, 0) is 0 Å². The molecule has 1 saturated carbocycles. The molecule has 2 aromatic carbocycles. The van der Waals surface area contributed by atoms with Crippen LogP contribution in [0.15, 0.2) is 60.7 Å². The summed E-state index contributed by atoms with van der Waals surface area (Å²) < 4.78 is 0. The van der Waals surface area contributed by atoms with Gasteiger partial charge in [0.2, 0.25) is 0 Å². The smallest absolute Gasteiger partial charge is 0.0465 e. The van der Waals surface area contributed by atoms with E-state index in [1.807, 2.05) is 0 Å². The molecule has 78 valence electrons. The SMILES string of the molecule is c1ccc([C+](c2ccccc2)C2CC2)cc1. The third kappa shape index (κ3) is 1.83. The first-order valence-electron chi connectivity index (χ1n) is 5.93. The molecule has 0 N–H and O–H groups in total. The largest absolute Gasteiger partial charge is 0.0759 e. The van der Waals surface area contributed by atoms with Gasteiger partial charge in [-0.05, 0) is 49.2 Å². The highest BCUT2D eigenvalue weighted by Crippen LogP contribution is 2.45. The number of rotatable bonds is 3. The van der Waals surface area contributed by atoms with Gasteiger partial charge in [0.25, 0.3) is 0 Å². The van der Waals surface area contributed by atoms with E-state index in [2.05, 4.69) is 60.7 Å². The van der Waals surface area contributed by atoms with E-state index in [0.717, 1.165) is 5.92 Å². The van der Waals surface area contributed by atoms with E-state index >= 15 is 0 Å². The zero-order chi connectivity index (χ0) is 10.8. The summed E-state index contributed by atoms with van der Waals surface area (Å²) in [4.78, 5) is 0. The Balaban J connectivity index is 1.99. The summed E-state index contributed by atoms with van der Waals surface area (Å²) in [5.41, 5.74) is 2.77. The van der Waals surface area contributed by atoms with Crippen LogP contribution in [0.25, 0.3) is 0 Å². The summed E-state index contributed by atoms with van der Waals surface area (Å²) in [5.74, 6) is 2.31. The van der Waals surface area contributed by atoms with Gasteiger partial charge < -0.3 is 0 Å². The first kappa shape index (κ1) is 9.53. The van der Waals surface area contributed by atoms with Crippen LogP contribution in [-0.4, -0.2) is 0 Å². The van der Waals surface area contributed by atoms with Crippen LogP contribution < -0.4 is 0 Å². The lowest BCUT2D eigenvalue weighted by Crippen LogP contribution is -2.04. The molecule has 0 saturated heterocycles. The molecule has 3 rings (SSSR count). The van der Waals surface area contributed by atoms with Crippen LogP contribution >= 0.6 is 0 Å². The van der Waals surface area contributed by atoms with Crippen LogP contribution in [0.3, 0.4) is 0 Å². The molecule has 2 aromatic rings. The van der Waals surface area contributed by atoms with Crippen LogP contribution in [0.4, 0.5) is 0 Å². The minimum absolute atomic E-state index is 0.782. The molecule has 0 heterocycles. The maximum absolute atomic E-state index is 2.22. The fourth-order valence-electron chi connectivity index (χ4n) is 2.25. The van der Waals surface area contributed by atoms with Crippen molar-refractivity contribution in [2.24, 2.45) is 5.92 Å². The van der Waals surface area contributed by atoms with E-state index in [1.54, 1.807) is 0 Å². The molecule has 0 bridgehead atoms. The summed E-state index contributed by atoms with van der Waals surface area (Å²) >= 11 is 0. The fourth-order valence-corrected chi connectivity index (χ4v) is 2.25. The number of hydrogen-bond donors (Lipinski definition) is 0. The number of benzene rings is 2. The zero-order valence-corrected chi connectivity index (χ0v) is 9.27. The Kier molecular flexibility index (Phi) is 2.41. The molecule has 0 atom stereocenters. The molecule has 1 fully saturated rings.